The van der Waals surface area contributed by atoms with Crippen LogP contribution in [0.3, 0.4) is 0 Å². The standard InChI is InChI=1S/C13H19N/c1-10(2)9-12-6-3-5-11-7-4-8-14-13(11)12/h3,5-6,10,14H,4,7-9H2,1-2H3. The van der Waals surface area contributed by atoms with Gasteiger partial charge in [0.15, 0.2) is 0 Å². The zero-order valence-corrected chi connectivity index (χ0v) is 9.14. The van der Waals surface area contributed by atoms with Gasteiger partial charge in [-0.3, -0.25) is 0 Å². The highest BCUT2D eigenvalue weighted by Gasteiger charge is 2.12. The van der Waals surface area contributed by atoms with Crippen molar-refractivity contribution in [3.63, 3.8) is 0 Å². The molecule has 14 heavy (non-hydrogen) atoms. The molecule has 1 heteroatoms. The Morgan fingerprint density at radius 2 is 2.21 bits per heavy atom. The lowest BCUT2D eigenvalue weighted by atomic mass is 9.94. The molecule has 0 saturated carbocycles. The molecule has 1 heterocycles. The highest BCUT2D eigenvalue weighted by Crippen LogP contribution is 2.27. The van der Waals surface area contributed by atoms with E-state index in [-0.39, 0.29) is 0 Å². The van der Waals surface area contributed by atoms with E-state index >= 15 is 0 Å². The molecular formula is C13H19N. The molecule has 1 aromatic rings. The Kier molecular flexibility index (Phi) is 2.76. The third kappa shape index (κ3) is 1.92. The van der Waals surface area contributed by atoms with Gasteiger partial charge in [-0.2, -0.15) is 0 Å². The van der Waals surface area contributed by atoms with Crippen molar-refractivity contribution < 1.29 is 0 Å². The average Bonchev–Trinajstić information content (AvgIpc) is 2.18. The van der Waals surface area contributed by atoms with Gasteiger partial charge in [-0.05, 0) is 36.3 Å². The van der Waals surface area contributed by atoms with Crippen molar-refractivity contribution >= 4 is 5.69 Å². The molecule has 1 aliphatic heterocycles. The SMILES string of the molecule is CC(C)Cc1cccc2c1NCCC2. The van der Waals surface area contributed by atoms with Crippen molar-refractivity contribution in [3.05, 3.63) is 29.3 Å². The minimum atomic E-state index is 0.741. The van der Waals surface area contributed by atoms with Crippen LogP contribution >= 0.6 is 0 Å². The van der Waals surface area contributed by atoms with E-state index in [4.69, 9.17) is 0 Å². The van der Waals surface area contributed by atoms with Crippen molar-refractivity contribution in [2.75, 3.05) is 11.9 Å². The van der Waals surface area contributed by atoms with Crippen molar-refractivity contribution in [2.45, 2.75) is 33.1 Å². The first kappa shape index (κ1) is 9.57. The third-order valence-electron chi connectivity index (χ3n) is 2.79. The van der Waals surface area contributed by atoms with Gasteiger partial charge >= 0.3 is 0 Å². The van der Waals surface area contributed by atoms with E-state index in [0.717, 1.165) is 12.5 Å². The summed E-state index contributed by atoms with van der Waals surface area (Å²) in [5.74, 6) is 0.741. The molecule has 0 saturated heterocycles. The Balaban J connectivity index is 2.30. The quantitative estimate of drug-likeness (QED) is 0.753. The second-order valence-corrected chi connectivity index (χ2v) is 4.58. The highest BCUT2D eigenvalue weighted by atomic mass is 14.9. The number of benzene rings is 1. The molecule has 0 unspecified atom stereocenters. The number of anilines is 1. The number of nitrogens with one attached hydrogen (secondary N) is 1. The molecule has 1 nitrogen and oxygen atoms in total. The largest absolute Gasteiger partial charge is 0.385 e. The van der Waals surface area contributed by atoms with Crippen LogP contribution in [0.2, 0.25) is 0 Å². The maximum Gasteiger partial charge on any atom is 0.0405 e. The first-order valence-corrected chi connectivity index (χ1v) is 5.62. The zero-order valence-electron chi connectivity index (χ0n) is 9.14. The molecule has 0 aromatic heterocycles. The van der Waals surface area contributed by atoms with Gasteiger partial charge in [-0.1, -0.05) is 32.0 Å². The zero-order chi connectivity index (χ0) is 9.97. The topological polar surface area (TPSA) is 12.0 Å². The van der Waals surface area contributed by atoms with Crippen LogP contribution in [0.1, 0.15) is 31.4 Å². The van der Waals surface area contributed by atoms with Crippen LogP contribution in [0.15, 0.2) is 18.2 Å². The smallest absolute Gasteiger partial charge is 0.0405 e. The first-order valence-electron chi connectivity index (χ1n) is 5.62. The summed E-state index contributed by atoms with van der Waals surface area (Å²) in [5, 5.41) is 3.54. The maximum absolute atomic E-state index is 3.54. The van der Waals surface area contributed by atoms with Crippen molar-refractivity contribution in [1.82, 2.24) is 0 Å². The number of rotatable bonds is 2. The maximum atomic E-state index is 3.54. The van der Waals surface area contributed by atoms with Crippen molar-refractivity contribution in [3.8, 4) is 0 Å². The summed E-state index contributed by atoms with van der Waals surface area (Å²) in [7, 11) is 0. The fourth-order valence-electron chi connectivity index (χ4n) is 2.19. The fraction of sp³-hybridized carbons (Fsp3) is 0.538. The monoisotopic (exact) mass is 189 g/mol. The number of fused-ring (bicyclic) bond motifs is 1. The van der Waals surface area contributed by atoms with E-state index in [1.165, 1.54) is 36.1 Å². The van der Waals surface area contributed by atoms with Gasteiger partial charge < -0.3 is 5.32 Å². The van der Waals surface area contributed by atoms with E-state index in [1.54, 1.807) is 0 Å². The van der Waals surface area contributed by atoms with Gasteiger partial charge in [0.1, 0.15) is 0 Å². The molecule has 0 aliphatic carbocycles. The molecular weight excluding hydrogens is 170 g/mol. The summed E-state index contributed by atoms with van der Waals surface area (Å²) in [6, 6.07) is 6.71. The molecule has 1 N–H and O–H groups in total. The second-order valence-electron chi connectivity index (χ2n) is 4.58. The van der Waals surface area contributed by atoms with E-state index in [2.05, 4.69) is 37.4 Å². The Hall–Kier alpha value is -0.980. The number of para-hydroxylation sites is 1. The number of hydrogen-bond donors (Lipinski definition) is 1. The molecule has 1 aromatic carbocycles. The van der Waals surface area contributed by atoms with Gasteiger partial charge in [-0.25, -0.2) is 0 Å². The second kappa shape index (κ2) is 4.04. The Morgan fingerprint density at radius 3 is 3.00 bits per heavy atom. The summed E-state index contributed by atoms with van der Waals surface area (Å²) < 4.78 is 0. The van der Waals surface area contributed by atoms with Crippen molar-refractivity contribution in [1.29, 1.82) is 0 Å². The molecule has 0 amide bonds. The number of aryl methyl sites for hydroxylation is 1. The van der Waals surface area contributed by atoms with Crippen LogP contribution in [-0.2, 0) is 12.8 Å². The average molecular weight is 189 g/mol. The van der Waals surface area contributed by atoms with Gasteiger partial charge in [0, 0.05) is 12.2 Å². The minimum absolute atomic E-state index is 0.741. The molecule has 0 spiro atoms. The van der Waals surface area contributed by atoms with Crippen LogP contribution in [-0.4, -0.2) is 6.54 Å². The summed E-state index contributed by atoms with van der Waals surface area (Å²) >= 11 is 0. The van der Waals surface area contributed by atoms with E-state index in [0.29, 0.717) is 0 Å². The Labute approximate surface area is 86.5 Å². The summed E-state index contributed by atoms with van der Waals surface area (Å²) in [4.78, 5) is 0. The van der Waals surface area contributed by atoms with Gasteiger partial charge in [-0.15, -0.1) is 0 Å². The Bertz CT molecular complexity index is 315. The molecule has 2 rings (SSSR count). The van der Waals surface area contributed by atoms with E-state index < -0.39 is 0 Å². The summed E-state index contributed by atoms with van der Waals surface area (Å²) in [5.41, 5.74) is 4.43. The van der Waals surface area contributed by atoms with Gasteiger partial charge in [0.2, 0.25) is 0 Å². The minimum Gasteiger partial charge on any atom is -0.385 e. The summed E-state index contributed by atoms with van der Waals surface area (Å²) in [6.07, 6.45) is 3.71. The fourth-order valence-corrected chi connectivity index (χ4v) is 2.19. The van der Waals surface area contributed by atoms with E-state index in [1.807, 2.05) is 0 Å². The van der Waals surface area contributed by atoms with Gasteiger partial charge in [0.05, 0.1) is 0 Å². The predicted octanol–water partition coefficient (Wildman–Crippen LogP) is 3.24. The lowest BCUT2D eigenvalue weighted by molar-refractivity contribution is 0.646. The molecule has 0 atom stereocenters. The lowest BCUT2D eigenvalue weighted by Gasteiger charge is -2.21. The third-order valence-corrected chi connectivity index (χ3v) is 2.79. The van der Waals surface area contributed by atoms with Crippen LogP contribution in [0.4, 0.5) is 5.69 Å². The first-order chi connectivity index (χ1) is 6.77. The molecule has 1 aliphatic rings. The number of hydrogen-bond acceptors (Lipinski definition) is 1. The normalized spacial score (nSPS) is 15.1. The van der Waals surface area contributed by atoms with E-state index in [9.17, 15) is 0 Å². The van der Waals surface area contributed by atoms with Crippen molar-refractivity contribution in [2.24, 2.45) is 5.92 Å². The molecule has 0 radical (unpaired) electrons. The van der Waals surface area contributed by atoms with Crippen LogP contribution < -0.4 is 5.32 Å². The molecule has 0 fully saturated rings. The van der Waals surface area contributed by atoms with Crippen LogP contribution in [0.5, 0.6) is 0 Å². The predicted molar refractivity (Wildman–Crippen MR) is 61.8 cm³/mol. The lowest BCUT2D eigenvalue weighted by Crippen LogP contribution is -2.14. The molecule has 0 bridgehead atoms. The van der Waals surface area contributed by atoms with Crippen LogP contribution in [0, 0.1) is 5.92 Å². The Morgan fingerprint density at radius 1 is 1.36 bits per heavy atom. The summed E-state index contributed by atoms with van der Waals surface area (Å²) in [6.45, 7) is 5.70. The highest BCUT2D eigenvalue weighted by molar-refractivity contribution is 5.59. The van der Waals surface area contributed by atoms with Crippen LogP contribution in [0.25, 0.3) is 0 Å². The van der Waals surface area contributed by atoms with Gasteiger partial charge in [0.25, 0.3) is 0 Å². The molecule has 76 valence electrons.